The van der Waals surface area contributed by atoms with Gasteiger partial charge in [-0.05, 0) is 25.5 Å². The number of aryl methyl sites for hydroxylation is 1. The topological polar surface area (TPSA) is 78.3 Å². The van der Waals surface area contributed by atoms with Gasteiger partial charge in [0.05, 0.1) is 11.5 Å². The number of nitrogen functional groups attached to an aromatic ring is 1. The minimum absolute atomic E-state index is 0.00472. The molecule has 2 heterocycles. The van der Waals surface area contributed by atoms with Crippen LogP contribution in [0.1, 0.15) is 29.2 Å². The van der Waals surface area contributed by atoms with Gasteiger partial charge in [0.15, 0.2) is 0 Å². The van der Waals surface area contributed by atoms with Gasteiger partial charge in [-0.3, -0.25) is 0 Å². The number of nitrogens with two attached hydrogens (primary N) is 1. The fraction of sp³-hybridized carbons (Fsp3) is 0.333. The molecule has 6 heteroatoms. The molecule has 2 N–H and O–H groups in total. The predicted octanol–water partition coefficient (Wildman–Crippen LogP) is 2.72. The highest BCUT2D eigenvalue weighted by Gasteiger charge is 2.20. The van der Waals surface area contributed by atoms with Crippen LogP contribution in [0.25, 0.3) is 10.8 Å². The van der Waals surface area contributed by atoms with Crippen molar-refractivity contribution in [2.45, 2.75) is 20.3 Å². The fourth-order valence-corrected chi connectivity index (χ4v) is 2.34. The van der Waals surface area contributed by atoms with E-state index in [-0.39, 0.29) is 18.2 Å². The van der Waals surface area contributed by atoms with E-state index in [0.717, 1.165) is 11.3 Å². The largest absolute Gasteiger partial charge is 0.461 e. The number of carbonyl (C=O) groups is 1. The third kappa shape index (κ3) is 2.38. The first kappa shape index (κ1) is 12.6. The van der Waals surface area contributed by atoms with Gasteiger partial charge >= 0.3 is 5.97 Å². The second kappa shape index (κ2) is 5.22. The van der Waals surface area contributed by atoms with Crippen LogP contribution in [-0.2, 0) is 11.2 Å². The average molecular weight is 266 g/mol. The molecule has 0 spiro atoms. The van der Waals surface area contributed by atoms with Gasteiger partial charge in [-0.2, -0.15) is 4.98 Å². The van der Waals surface area contributed by atoms with E-state index >= 15 is 0 Å². The standard InChI is InChI=1S/C12H14N2O3S/c1-3-7-5-6-8(18-7)11-14-9(10(13)17-11)12(15)16-4-2/h5-6H,3-4,13H2,1-2H3. The molecule has 5 nitrogen and oxygen atoms in total. The lowest BCUT2D eigenvalue weighted by Crippen LogP contribution is -2.07. The van der Waals surface area contributed by atoms with Crippen molar-refractivity contribution >= 4 is 23.2 Å². The van der Waals surface area contributed by atoms with E-state index in [4.69, 9.17) is 14.9 Å². The maximum Gasteiger partial charge on any atom is 0.362 e. The van der Waals surface area contributed by atoms with Crippen LogP contribution >= 0.6 is 11.3 Å². The van der Waals surface area contributed by atoms with Crippen molar-refractivity contribution in [1.29, 1.82) is 0 Å². The lowest BCUT2D eigenvalue weighted by Gasteiger charge is -1.96. The Bertz CT molecular complexity index is 559. The molecule has 0 unspecified atom stereocenters. The summed E-state index contributed by atoms with van der Waals surface area (Å²) in [5.74, 6) is -0.201. The minimum atomic E-state index is -0.558. The number of hydrogen-bond donors (Lipinski definition) is 1. The molecule has 2 rings (SSSR count). The van der Waals surface area contributed by atoms with Crippen molar-refractivity contribution in [3.63, 3.8) is 0 Å². The Balaban J connectivity index is 2.30. The molecule has 0 aliphatic carbocycles. The number of nitrogens with zero attached hydrogens (tertiary/aromatic N) is 1. The number of hydrogen-bond acceptors (Lipinski definition) is 6. The van der Waals surface area contributed by atoms with E-state index < -0.39 is 5.97 Å². The average Bonchev–Trinajstić information content (AvgIpc) is 2.95. The fourth-order valence-electron chi connectivity index (χ4n) is 1.47. The van der Waals surface area contributed by atoms with Crippen molar-refractivity contribution in [2.24, 2.45) is 0 Å². The SMILES string of the molecule is CCOC(=O)c1nc(-c2ccc(CC)s2)oc1N. The van der Waals surface area contributed by atoms with Crippen molar-refractivity contribution in [2.75, 3.05) is 12.3 Å². The molecule has 96 valence electrons. The molecule has 0 radical (unpaired) electrons. The summed E-state index contributed by atoms with van der Waals surface area (Å²) in [5, 5.41) is 0. The first-order chi connectivity index (χ1) is 8.65. The van der Waals surface area contributed by atoms with Crippen LogP contribution < -0.4 is 5.73 Å². The van der Waals surface area contributed by atoms with Crippen LogP contribution in [0.3, 0.4) is 0 Å². The van der Waals surface area contributed by atoms with Crippen molar-refractivity contribution < 1.29 is 13.9 Å². The zero-order chi connectivity index (χ0) is 13.1. The van der Waals surface area contributed by atoms with Crippen LogP contribution in [-0.4, -0.2) is 17.6 Å². The van der Waals surface area contributed by atoms with Gasteiger partial charge in [0.2, 0.25) is 17.5 Å². The highest BCUT2D eigenvalue weighted by molar-refractivity contribution is 7.15. The molecule has 2 aromatic rings. The lowest BCUT2D eigenvalue weighted by atomic mass is 10.4. The molecule has 0 aliphatic heterocycles. The monoisotopic (exact) mass is 266 g/mol. The Hall–Kier alpha value is -1.82. The van der Waals surface area contributed by atoms with E-state index in [1.54, 1.807) is 18.3 Å². The van der Waals surface area contributed by atoms with Gasteiger partial charge in [0.1, 0.15) is 0 Å². The Kier molecular flexibility index (Phi) is 3.66. The van der Waals surface area contributed by atoms with Crippen LogP contribution in [0, 0.1) is 0 Å². The number of rotatable bonds is 4. The third-order valence-corrected chi connectivity index (χ3v) is 3.56. The van der Waals surface area contributed by atoms with Gasteiger partial charge in [0, 0.05) is 4.88 Å². The molecule has 0 atom stereocenters. The normalized spacial score (nSPS) is 10.6. The zero-order valence-corrected chi connectivity index (χ0v) is 11.0. The smallest absolute Gasteiger partial charge is 0.362 e. The number of thiophene rings is 1. The first-order valence-corrected chi connectivity index (χ1v) is 6.49. The molecule has 0 fully saturated rings. The quantitative estimate of drug-likeness (QED) is 0.861. The Labute approximate surface area is 109 Å². The molecular weight excluding hydrogens is 252 g/mol. The van der Waals surface area contributed by atoms with Crippen molar-refractivity contribution in [1.82, 2.24) is 4.98 Å². The van der Waals surface area contributed by atoms with Gasteiger partial charge in [0.25, 0.3) is 0 Å². The summed E-state index contributed by atoms with van der Waals surface area (Å²) in [5.41, 5.74) is 5.66. The lowest BCUT2D eigenvalue weighted by molar-refractivity contribution is 0.0521. The van der Waals surface area contributed by atoms with Gasteiger partial charge < -0.3 is 14.9 Å². The van der Waals surface area contributed by atoms with Crippen LogP contribution in [0.15, 0.2) is 16.5 Å². The van der Waals surface area contributed by atoms with E-state index in [1.165, 1.54) is 4.88 Å². The summed E-state index contributed by atoms with van der Waals surface area (Å²) in [6.45, 7) is 4.07. The number of oxazole rings is 1. The summed E-state index contributed by atoms with van der Waals surface area (Å²) >= 11 is 1.57. The highest BCUT2D eigenvalue weighted by Crippen LogP contribution is 2.30. The van der Waals surface area contributed by atoms with E-state index in [1.807, 2.05) is 12.1 Å². The van der Waals surface area contributed by atoms with Crippen LogP contribution in [0.4, 0.5) is 5.88 Å². The summed E-state index contributed by atoms with van der Waals surface area (Å²) in [4.78, 5) is 17.7. The second-order valence-electron chi connectivity index (χ2n) is 3.57. The molecular formula is C12H14N2O3S. The molecule has 2 aromatic heterocycles. The third-order valence-electron chi connectivity index (χ3n) is 2.34. The molecule has 0 amide bonds. The number of anilines is 1. The number of esters is 1. The molecule has 0 bridgehead atoms. The number of ether oxygens (including phenoxy) is 1. The molecule has 0 saturated carbocycles. The van der Waals surface area contributed by atoms with Crippen molar-refractivity contribution in [3.8, 4) is 10.8 Å². The Morgan fingerprint density at radius 3 is 2.89 bits per heavy atom. The van der Waals surface area contributed by atoms with E-state index in [0.29, 0.717) is 5.89 Å². The van der Waals surface area contributed by atoms with Crippen LogP contribution in [0.2, 0.25) is 0 Å². The summed E-state index contributed by atoms with van der Waals surface area (Å²) in [7, 11) is 0. The maximum atomic E-state index is 11.6. The second-order valence-corrected chi connectivity index (χ2v) is 4.74. The summed E-state index contributed by atoms with van der Waals surface area (Å²) < 4.78 is 10.1. The maximum absolute atomic E-state index is 11.6. The van der Waals surface area contributed by atoms with Gasteiger partial charge in [-0.1, -0.05) is 6.92 Å². The van der Waals surface area contributed by atoms with E-state index in [2.05, 4.69) is 11.9 Å². The molecule has 18 heavy (non-hydrogen) atoms. The Morgan fingerprint density at radius 2 is 2.28 bits per heavy atom. The van der Waals surface area contributed by atoms with Crippen LogP contribution in [0.5, 0.6) is 0 Å². The van der Waals surface area contributed by atoms with Gasteiger partial charge in [-0.25, -0.2) is 4.79 Å². The predicted molar refractivity (Wildman–Crippen MR) is 69.6 cm³/mol. The molecule has 0 saturated heterocycles. The Morgan fingerprint density at radius 1 is 1.50 bits per heavy atom. The summed E-state index contributed by atoms with van der Waals surface area (Å²) in [6, 6.07) is 3.91. The number of carbonyl (C=O) groups excluding carboxylic acids is 1. The number of aromatic nitrogens is 1. The summed E-state index contributed by atoms with van der Waals surface area (Å²) in [6.07, 6.45) is 0.950. The van der Waals surface area contributed by atoms with E-state index in [9.17, 15) is 4.79 Å². The zero-order valence-electron chi connectivity index (χ0n) is 10.2. The van der Waals surface area contributed by atoms with Gasteiger partial charge in [-0.15, -0.1) is 11.3 Å². The molecule has 0 aliphatic rings. The molecule has 0 aromatic carbocycles. The highest BCUT2D eigenvalue weighted by atomic mass is 32.1. The minimum Gasteiger partial charge on any atom is -0.461 e. The van der Waals surface area contributed by atoms with Crippen molar-refractivity contribution in [3.05, 3.63) is 22.7 Å². The first-order valence-electron chi connectivity index (χ1n) is 5.68.